The summed E-state index contributed by atoms with van der Waals surface area (Å²) in [7, 11) is 0. The number of carboxylic acid groups (broad SMARTS) is 1. The standard InChI is InChI=1S/C17H15FN2O3/c1-9-11(3-2-6-19)14(18)7-12-15(9)20(10-4-5-10)8-13(16(12)21)17(22)23/h7-8,10H,4-6,19H2,1H3,(H,22,23). The summed E-state index contributed by atoms with van der Waals surface area (Å²) >= 11 is 0. The fraction of sp³-hybridized carbons (Fsp3) is 0.294. The zero-order chi connectivity index (χ0) is 16.7. The molecule has 3 rings (SSSR count). The Bertz CT molecular complexity index is 946. The first-order chi connectivity index (χ1) is 11.0. The van der Waals surface area contributed by atoms with E-state index in [9.17, 15) is 19.1 Å². The molecule has 1 fully saturated rings. The fourth-order valence-corrected chi connectivity index (χ4v) is 2.77. The van der Waals surface area contributed by atoms with Crippen molar-refractivity contribution in [3.8, 4) is 11.8 Å². The number of hydrogen-bond acceptors (Lipinski definition) is 3. The summed E-state index contributed by atoms with van der Waals surface area (Å²) in [6, 6.07) is 1.21. The maximum absolute atomic E-state index is 14.3. The largest absolute Gasteiger partial charge is 0.477 e. The molecule has 1 heterocycles. The summed E-state index contributed by atoms with van der Waals surface area (Å²) in [5.41, 5.74) is 5.59. The number of carboxylic acids is 1. The third-order valence-corrected chi connectivity index (χ3v) is 4.00. The third-order valence-electron chi connectivity index (χ3n) is 4.00. The Labute approximate surface area is 131 Å². The van der Waals surface area contributed by atoms with Crippen LogP contribution in [0, 0.1) is 24.6 Å². The molecule has 0 atom stereocenters. The minimum absolute atomic E-state index is 0.0742. The van der Waals surface area contributed by atoms with Gasteiger partial charge in [0.05, 0.1) is 17.6 Å². The highest BCUT2D eigenvalue weighted by Crippen LogP contribution is 2.38. The number of nitrogens with two attached hydrogens (primary N) is 1. The van der Waals surface area contributed by atoms with Crippen LogP contribution in [0.1, 0.15) is 40.4 Å². The lowest BCUT2D eigenvalue weighted by Crippen LogP contribution is -2.20. The van der Waals surface area contributed by atoms with Gasteiger partial charge in [-0.1, -0.05) is 11.8 Å². The molecule has 23 heavy (non-hydrogen) atoms. The predicted octanol–water partition coefficient (Wildman–Crippen LogP) is 1.79. The summed E-state index contributed by atoms with van der Waals surface area (Å²) in [6.07, 6.45) is 3.16. The molecule has 0 saturated heterocycles. The fourth-order valence-electron chi connectivity index (χ4n) is 2.77. The molecule has 6 heteroatoms. The lowest BCUT2D eigenvalue weighted by Gasteiger charge is -2.15. The Balaban J connectivity index is 2.45. The molecule has 1 aliphatic carbocycles. The first-order valence-electron chi connectivity index (χ1n) is 7.26. The lowest BCUT2D eigenvalue weighted by atomic mass is 10.0. The van der Waals surface area contributed by atoms with Crippen LogP contribution in [0.2, 0.25) is 0 Å². The van der Waals surface area contributed by atoms with Crippen LogP contribution >= 0.6 is 0 Å². The second kappa shape index (κ2) is 5.52. The molecule has 1 aromatic heterocycles. The van der Waals surface area contributed by atoms with Gasteiger partial charge in [-0.3, -0.25) is 4.79 Å². The number of rotatable bonds is 2. The molecule has 5 nitrogen and oxygen atoms in total. The van der Waals surface area contributed by atoms with E-state index < -0.39 is 17.2 Å². The van der Waals surface area contributed by atoms with Crippen LogP contribution in [0.3, 0.4) is 0 Å². The lowest BCUT2D eigenvalue weighted by molar-refractivity contribution is 0.0695. The monoisotopic (exact) mass is 314 g/mol. The van der Waals surface area contributed by atoms with Crippen molar-refractivity contribution in [2.45, 2.75) is 25.8 Å². The van der Waals surface area contributed by atoms with E-state index in [-0.39, 0.29) is 29.1 Å². The van der Waals surface area contributed by atoms with Crippen LogP contribution in [0.4, 0.5) is 4.39 Å². The Hall–Kier alpha value is -2.65. The van der Waals surface area contributed by atoms with Crippen LogP contribution in [0.5, 0.6) is 0 Å². The molecule has 1 aromatic carbocycles. The molecule has 0 aliphatic heterocycles. The molecular weight excluding hydrogens is 299 g/mol. The van der Waals surface area contributed by atoms with Crippen LogP contribution in [0.15, 0.2) is 17.1 Å². The number of benzene rings is 1. The quantitative estimate of drug-likeness (QED) is 0.828. The third kappa shape index (κ3) is 2.49. The number of aromatic nitrogens is 1. The van der Waals surface area contributed by atoms with Gasteiger partial charge in [-0.25, -0.2) is 9.18 Å². The highest BCUT2D eigenvalue weighted by molar-refractivity contribution is 5.94. The second-order valence-electron chi connectivity index (χ2n) is 5.58. The molecule has 0 bridgehead atoms. The highest BCUT2D eigenvalue weighted by atomic mass is 19.1. The zero-order valence-corrected chi connectivity index (χ0v) is 12.5. The maximum atomic E-state index is 14.3. The topological polar surface area (TPSA) is 85.3 Å². The molecule has 0 amide bonds. The van der Waals surface area contributed by atoms with Gasteiger partial charge in [0.15, 0.2) is 0 Å². The smallest absolute Gasteiger partial charge is 0.341 e. The number of fused-ring (bicyclic) bond motifs is 1. The number of aryl methyl sites for hydroxylation is 1. The molecule has 1 saturated carbocycles. The van der Waals surface area contributed by atoms with Crippen molar-refractivity contribution in [1.82, 2.24) is 4.57 Å². The summed E-state index contributed by atoms with van der Waals surface area (Å²) < 4.78 is 16.1. The maximum Gasteiger partial charge on any atom is 0.341 e. The van der Waals surface area contributed by atoms with Crippen molar-refractivity contribution in [3.05, 3.63) is 45.0 Å². The van der Waals surface area contributed by atoms with Gasteiger partial charge in [0.1, 0.15) is 11.4 Å². The Morgan fingerprint density at radius 1 is 1.52 bits per heavy atom. The van der Waals surface area contributed by atoms with Crippen molar-refractivity contribution in [1.29, 1.82) is 0 Å². The van der Waals surface area contributed by atoms with E-state index in [1.807, 2.05) is 0 Å². The van der Waals surface area contributed by atoms with E-state index >= 15 is 0 Å². The number of aromatic carboxylic acids is 1. The molecule has 0 radical (unpaired) electrons. The SMILES string of the molecule is Cc1c(C#CCN)c(F)cc2c(=O)c(C(=O)O)cn(C3CC3)c12. The molecule has 0 unspecified atom stereocenters. The number of pyridine rings is 1. The van der Waals surface area contributed by atoms with E-state index in [1.54, 1.807) is 11.5 Å². The van der Waals surface area contributed by atoms with Gasteiger partial charge in [0, 0.05) is 17.6 Å². The normalized spacial score (nSPS) is 13.7. The summed E-state index contributed by atoms with van der Waals surface area (Å²) in [4.78, 5) is 23.7. The number of hydrogen-bond donors (Lipinski definition) is 2. The number of nitrogens with zero attached hydrogens (tertiary/aromatic N) is 1. The van der Waals surface area contributed by atoms with Gasteiger partial charge >= 0.3 is 5.97 Å². The van der Waals surface area contributed by atoms with Crippen molar-refractivity contribution < 1.29 is 14.3 Å². The highest BCUT2D eigenvalue weighted by Gasteiger charge is 2.28. The van der Waals surface area contributed by atoms with Crippen molar-refractivity contribution >= 4 is 16.9 Å². The molecule has 0 spiro atoms. The van der Waals surface area contributed by atoms with Crippen molar-refractivity contribution in [2.75, 3.05) is 6.54 Å². The van der Waals surface area contributed by atoms with E-state index in [0.29, 0.717) is 11.1 Å². The van der Waals surface area contributed by atoms with E-state index in [1.165, 1.54) is 6.20 Å². The van der Waals surface area contributed by atoms with E-state index in [0.717, 1.165) is 18.9 Å². The van der Waals surface area contributed by atoms with Gasteiger partial charge in [-0.05, 0) is 31.4 Å². The average molecular weight is 314 g/mol. The van der Waals surface area contributed by atoms with E-state index in [2.05, 4.69) is 11.8 Å². The van der Waals surface area contributed by atoms with Gasteiger partial charge in [0.2, 0.25) is 5.43 Å². The first-order valence-corrected chi connectivity index (χ1v) is 7.26. The Morgan fingerprint density at radius 3 is 2.78 bits per heavy atom. The summed E-state index contributed by atoms with van der Waals surface area (Å²) in [5.74, 6) is 3.36. The zero-order valence-electron chi connectivity index (χ0n) is 12.5. The van der Waals surface area contributed by atoms with Gasteiger partial charge in [0.25, 0.3) is 0 Å². The number of carbonyl (C=O) groups is 1. The van der Waals surface area contributed by atoms with Gasteiger partial charge < -0.3 is 15.4 Å². The van der Waals surface area contributed by atoms with Gasteiger partial charge in [-0.2, -0.15) is 0 Å². The average Bonchev–Trinajstić information content (AvgIpc) is 3.32. The minimum Gasteiger partial charge on any atom is -0.477 e. The molecule has 118 valence electrons. The van der Waals surface area contributed by atoms with E-state index in [4.69, 9.17) is 5.73 Å². The predicted molar refractivity (Wildman–Crippen MR) is 84.1 cm³/mol. The number of halogens is 1. The second-order valence-corrected chi connectivity index (χ2v) is 5.58. The van der Waals surface area contributed by atoms with Crippen LogP contribution in [0.25, 0.3) is 10.9 Å². The molecule has 2 aromatic rings. The Morgan fingerprint density at radius 2 is 2.22 bits per heavy atom. The molecule has 1 aliphatic rings. The molecule has 3 N–H and O–H groups in total. The van der Waals surface area contributed by atoms with Crippen LogP contribution in [-0.2, 0) is 0 Å². The Kier molecular flexibility index (Phi) is 3.66. The summed E-state index contributed by atoms with van der Waals surface area (Å²) in [5, 5.41) is 9.29. The van der Waals surface area contributed by atoms with Crippen molar-refractivity contribution in [2.24, 2.45) is 5.73 Å². The minimum atomic E-state index is -1.31. The molecular formula is C17H15FN2O3. The van der Waals surface area contributed by atoms with Crippen molar-refractivity contribution in [3.63, 3.8) is 0 Å². The summed E-state index contributed by atoms with van der Waals surface area (Å²) in [6.45, 7) is 1.79. The van der Waals surface area contributed by atoms with Crippen LogP contribution < -0.4 is 11.2 Å². The first kappa shape index (κ1) is 15.3. The van der Waals surface area contributed by atoms with Crippen LogP contribution in [-0.4, -0.2) is 22.2 Å². The van der Waals surface area contributed by atoms with Gasteiger partial charge in [-0.15, -0.1) is 0 Å².